The predicted octanol–water partition coefficient (Wildman–Crippen LogP) is 4.41. The van der Waals surface area contributed by atoms with Crippen molar-refractivity contribution < 1.29 is 9.53 Å². The summed E-state index contributed by atoms with van der Waals surface area (Å²) in [5, 5.41) is 4.60. The van der Waals surface area contributed by atoms with Crippen LogP contribution in [0, 0.1) is 0 Å². The molecule has 0 aliphatic rings. The molecule has 1 aromatic carbocycles. The van der Waals surface area contributed by atoms with Crippen LogP contribution in [-0.2, 0) is 10.2 Å². The Hall–Kier alpha value is -2.95. The molecule has 0 fully saturated rings. The van der Waals surface area contributed by atoms with Gasteiger partial charge < -0.3 is 4.74 Å². The van der Waals surface area contributed by atoms with Crippen LogP contribution in [0.4, 0.5) is 0 Å². The number of hydrogen-bond donors (Lipinski definition) is 0. The first kappa shape index (κ1) is 17.9. The van der Waals surface area contributed by atoms with Gasteiger partial charge in [-0.05, 0) is 36.1 Å². The lowest BCUT2D eigenvalue weighted by Crippen LogP contribution is -2.12. The molecule has 3 rings (SSSR count). The third-order valence-corrected chi connectivity index (χ3v) is 4.11. The van der Waals surface area contributed by atoms with E-state index >= 15 is 0 Å². The number of benzene rings is 1. The van der Waals surface area contributed by atoms with Crippen molar-refractivity contribution >= 4 is 5.97 Å². The Morgan fingerprint density at radius 2 is 1.85 bits per heavy atom. The Labute approximate surface area is 153 Å². The summed E-state index contributed by atoms with van der Waals surface area (Å²) in [6.07, 6.45) is 1.67. The lowest BCUT2D eigenvalue weighted by atomic mass is 9.86. The first-order chi connectivity index (χ1) is 12.4. The Balaban J connectivity index is 2.05. The van der Waals surface area contributed by atoms with Gasteiger partial charge in [0.05, 0.1) is 12.3 Å². The maximum absolute atomic E-state index is 12.4. The Kier molecular flexibility index (Phi) is 4.89. The van der Waals surface area contributed by atoms with Gasteiger partial charge in [0.15, 0.2) is 11.5 Å². The summed E-state index contributed by atoms with van der Waals surface area (Å²) >= 11 is 0. The molecule has 0 saturated heterocycles. The molecule has 26 heavy (non-hydrogen) atoms. The number of esters is 1. The van der Waals surface area contributed by atoms with Gasteiger partial charge in [-0.2, -0.15) is 5.10 Å². The summed E-state index contributed by atoms with van der Waals surface area (Å²) < 4.78 is 6.71. The van der Waals surface area contributed by atoms with Gasteiger partial charge in [0.2, 0.25) is 0 Å². The molecule has 0 spiro atoms. The van der Waals surface area contributed by atoms with Gasteiger partial charge in [0.1, 0.15) is 0 Å². The molecule has 3 aromatic rings. The van der Waals surface area contributed by atoms with Crippen LogP contribution in [0.5, 0.6) is 0 Å². The van der Waals surface area contributed by atoms with Gasteiger partial charge in [0, 0.05) is 11.8 Å². The molecule has 2 heterocycles. The minimum absolute atomic E-state index is 0.0853. The van der Waals surface area contributed by atoms with Crippen LogP contribution in [-0.4, -0.2) is 27.3 Å². The zero-order valence-electron chi connectivity index (χ0n) is 15.6. The SMILES string of the molecule is CCOC(=O)c1cc(-c2ccc(C(C)(C)C)cc2)nn1-c1ccccn1. The van der Waals surface area contributed by atoms with Crippen molar-refractivity contribution in [3.63, 3.8) is 0 Å². The highest BCUT2D eigenvalue weighted by Crippen LogP contribution is 2.26. The van der Waals surface area contributed by atoms with Gasteiger partial charge in [-0.25, -0.2) is 14.5 Å². The molecule has 0 saturated carbocycles. The predicted molar refractivity (Wildman–Crippen MR) is 101 cm³/mol. The second kappa shape index (κ2) is 7.12. The van der Waals surface area contributed by atoms with Crippen molar-refractivity contribution in [2.45, 2.75) is 33.1 Å². The van der Waals surface area contributed by atoms with Gasteiger partial charge in [-0.1, -0.05) is 51.1 Å². The highest BCUT2D eigenvalue weighted by atomic mass is 16.5. The largest absolute Gasteiger partial charge is 0.461 e. The van der Waals surface area contributed by atoms with E-state index in [2.05, 4.69) is 43.0 Å². The Morgan fingerprint density at radius 1 is 1.12 bits per heavy atom. The maximum Gasteiger partial charge on any atom is 0.357 e. The third-order valence-electron chi connectivity index (χ3n) is 4.11. The van der Waals surface area contributed by atoms with Crippen LogP contribution >= 0.6 is 0 Å². The number of carbonyl (C=O) groups excluding carboxylic acids is 1. The second-order valence-corrected chi connectivity index (χ2v) is 7.06. The molecule has 2 aromatic heterocycles. The molecular formula is C21H23N3O2. The zero-order valence-corrected chi connectivity index (χ0v) is 15.6. The minimum Gasteiger partial charge on any atom is -0.461 e. The summed E-state index contributed by atoms with van der Waals surface area (Å²) in [5.41, 5.74) is 3.34. The van der Waals surface area contributed by atoms with Crippen LogP contribution in [0.2, 0.25) is 0 Å². The quantitative estimate of drug-likeness (QED) is 0.655. The number of rotatable bonds is 4. The van der Waals surface area contributed by atoms with Crippen LogP contribution < -0.4 is 0 Å². The van der Waals surface area contributed by atoms with Gasteiger partial charge in [-0.3, -0.25) is 0 Å². The highest BCUT2D eigenvalue weighted by Gasteiger charge is 2.20. The number of hydrogen-bond acceptors (Lipinski definition) is 4. The maximum atomic E-state index is 12.4. The topological polar surface area (TPSA) is 57.0 Å². The van der Waals surface area contributed by atoms with E-state index in [0.29, 0.717) is 23.8 Å². The van der Waals surface area contributed by atoms with E-state index in [9.17, 15) is 4.79 Å². The molecule has 0 N–H and O–H groups in total. The first-order valence-corrected chi connectivity index (χ1v) is 8.69. The monoisotopic (exact) mass is 349 g/mol. The molecule has 0 radical (unpaired) electrons. The lowest BCUT2D eigenvalue weighted by Gasteiger charge is -2.18. The van der Waals surface area contributed by atoms with Gasteiger partial charge >= 0.3 is 5.97 Å². The summed E-state index contributed by atoms with van der Waals surface area (Å²) in [6, 6.07) is 15.5. The fourth-order valence-corrected chi connectivity index (χ4v) is 2.67. The van der Waals surface area contributed by atoms with Crippen LogP contribution in [0.25, 0.3) is 17.1 Å². The number of ether oxygens (including phenoxy) is 1. The number of nitrogens with zero attached hydrogens (tertiary/aromatic N) is 3. The second-order valence-electron chi connectivity index (χ2n) is 7.06. The normalized spacial score (nSPS) is 11.4. The molecule has 0 atom stereocenters. The van der Waals surface area contributed by atoms with E-state index < -0.39 is 5.97 Å². The summed E-state index contributed by atoms with van der Waals surface area (Å²) in [5.74, 6) is 0.163. The zero-order chi connectivity index (χ0) is 18.7. The molecule has 0 bridgehead atoms. The Bertz CT molecular complexity index is 891. The molecular weight excluding hydrogens is 326 g/mol. The van der Waals surface area contributed by atoms with E-state index in [1.54, 1.807) is 19.2 Å². The molecule has 5 nitrogen and oxygen atoms in total. The first-order valence-electron chi connectivity index (χ1n) is 8.69. The van der Waals surface area contributed by atoms with Crippen molar-refractivity contribution in [1.29, 1.82) is 0 Å². The average molecular weight is 349 g/mol. The Morgan fingerprint density at radius 3 is 2.42 bits per heavy atom. The van der Waals surface area contributed by atoms with E-state index in [1.165, 1.54) is 10.2 Å². The molecule has 134 valence electrons. The summed E-state index contributed by atoms with van der Waals surface area (Å²) in [6.45, 7) is 8.62. The number of aromatic nitrogens is 3. The molecule has 0 unspecified atom stereocenters. The fourth-order valence-electron chi connectivity index (χ4n) is 2.67. The van der Waals surface area contributed by atoms with Crippen LogP contribution in [0.15, 0.2) is 54.7 Å². The van der Waals surface area contributed by atoms with E-state index in [1.807, 2.05) is 30.3 Å². The number of pyridine rings is 1. The molecule has 5 heteroatoms. The van der Waals surface area contributed by atoms with Gasteiger partial charge in [0.25, 0.3) is 0 Å². The van der Waals surface area contributed by atoms with Crippen molar-refractivity contribution in [2.75, 3.05) is 6.61 Å². The van der Waals surface area contributed by atoms with E-state index in [0.717, 1.165) is 5.56 Å². The number of carbonyl (C=O) groups is 1. The van der Waals surface area contributed by atoms with Crippen molar-refractivity contribution in [3.8, 4) is 17.1 Å². The van der Waals surface area contributed by atoms with Crippen molar-refractivity contribution in [3.05, 3.63) is 66.0 Å². The lowest BCUT2D eigenvalue weighted by molar-refractivity contribution is 0.0515. The van der Waals surface area contributed by atoms with E-state index in [4.69, 9.17) is 4.74 Å². The van der Waals surface area contributed by atoms with Gasteiger partial charge in [-0.15, -0.1) is 0 Å². The van der Waals surface area contributed by atoms with Crippen LogP contribution in [0.3, 0.4) is 0 Å². The average Bonchev–Trinajstić information content (AvgIpc) is 3.07. The summed E-state index contributed by atoms with van der Waals surface area (Å²) in [4.78, 5) is 16.7. The fraction of sp³-hybridized carbons (Fsp3) is 0.286. The summed E-state index contributed by atoms with van der Waals surface area (Å²) in [7, 11) is 0. The van der Waals surface area contributed by atoms with E-state index in [-0.39, 0.29) is 5.41 Å². The standard InChI is InChI=1S/C21H23N3O2/c1-5-26-20(25)18-14-17(23-24(18)19-8-6-7-13-22-19)15-9-11-16(12-10-15)21(2,3)4/h6-14H,5H2,1-4H3. The molecule has 0 aliphatic heterocycles. The smallest absolute Gasteiger partial charge is 0.357 e. The van der Waals surface area contributed by atoms with Crippen LogP contribution in [0.1, 0.15) is 43.7 Å². The minimum atomic E-state index is -0.414. The molecule has 0 aliphatic carbocycles. The van der Waals surface area contributed by atoms with Crippen molar-refractivity contribution in [2.24, 2.45) is 0 Å². The highest BCUT2D eigenvalue weighted by molar-refractivity contribution is 5.89. The van der Waals surface area contributed by atoms with Crippen molar-refractivity contribution in [1.82, 2.24) is 14.8 Å². The third kappa shape index (κ3) is 3.67. The molecule has 0 amide bonds.